The maximum atomic E-state index is 10.8. The molecule has 3 rings (SSSR count). The van der Waals surface area contributed by atoms with Gasteiger partial charge in [0.2, 0.25) is 5.41 Å². The van der Waals surface area contributed by atoms with Crippen molar-refractivity contribution in [2.75, 3.05) is 13.2 Å². The molecule has 5 heteroatoms. The van der Waals surface area contributed by atoms with Crippen LogP contribution in [-0.2, 0) is 14.3 Å². The number of hydrogen-bond donors (Lipinski definition) is 1. The summed E-state index contributed by atoms with van der Waals surface area (Å²) in [4.78, 5) is 10.8. The van der Waals surface area contributed by atoms with Gasteiger partial charge >= 0.3 is 5.97 Å². The van der Waals surface area contributed by atoms with Crippen LogP contribution in [0.4, 0.5) is 0 Å². The molecule has 3 fully saturated rings. The maximum Gasteiger partial charge on any atom is 0.328 e. The molecule has 0 bridgehead atoms. The fourth-order valence-corrected chi connectivity index (χ4v) is 5.76. The highest BCUT2D eigenvalue weighted by Crippen LogP contribution is 2.51. The van der Waals surface area contributed by atoms with E-state index in [2.05, 4.69) is 6.92 Å². The lowest BCUT2D eigenvalue weighted by Gasteiger charge is -2.46. The van der Waals surface area contributed by atoms with E-state index in [1.165, 1.54) is 57.8 Å². The summed E-state index contributed by atoms with van der Waals surface area (Å²) in [5, 5.41) is 17.6. The van der Waals surface area contributed by atoms with Gasteiger partial charge in [0.1, 0.15) is 0 Å². The summed E-state index contributed by atoms with van der Waals surface area (Å²) in [7, 11) is 0. The molecule has 0 aromatic carbocycles. The van der Waals surface area contributed by atoms with Crippen molar-refractivity contribution in [1.29, 1.82) is 5.26 Å². The van der Waals surface area contributed by atoms with Crippen LogP contribution in [0.2, 0.25) is 0 Å². The average Bonchev–Trinajstić information content (AvgIpc) is 2.82. The van der Waals surface area contributed by atoms with E-state index in [1.54, 1.807) is 38.2 Å². The lowest BCUT2D eigenvalue weighted by Crippen LogP contribution is -2.46. The summed E-state index contributed by atoms with van der Waals surface area (Å²) in [6.07, 6.45) is 22.6. The zero-order valence-electron chi connectivity index (χ0n) is 20.0. The second kappa shape index (κ2) is 13.4. The van der Waals surface area contributed by atoms with E-state index in [-0.39, 0.29) is 19.5 Å². The highest BCUT2D eigenvalue weighted by Gasteiger charge is 2.44. The van der Waals surface area contributed by atoms with E-state index >= 15 is 0 Å². The van der Waals surface area contributed by atoms with Crippen LogP contribution in [-0.4, -0.2) is 30.6 Å². The highest BCUT2D eigenvalue weighted by atomic mass is 16.7. The summed E-state index contributed by atoms with van der Waals surface area (Å²) in [5.41, 5.74) is -0.724. The first-order chi connectivity index (χ1) is 15.0. The van der Waals surface area contributed by atoms with E-state index in [0.29, 0.717) is 0 Å². The van der Waals surface area contributed by atoms with E-state index in [0.717, 1.165) is 24.2 Å². The third-order valence-corrected chi connectivity index (χ3v) is 7.78. The van der Waals surface area contributed by atoms with Crippen molar-refractivity contribution >= 4 is 5.97 Å². The van der Waals surface area contributed by atoms with Gasteiger partial charge in [-0.2, -0.15) is 5.26 Å². The number of hydrogen-bond acceptors (Lipinski definition) is 4. The Morgan fingerprint density at radius 2 is 1.58 bits per heavy atom. The first kappa shape index (κ1) is 26.1. The van der Waals surface area contributed by atoms with Crippen LogP contribution in [0.5, 0.6) is 0 Å². The lowest BCUT2D eigenvalue weighted by atomic mass is 9.60. The van der Waals surface area contributed by atoms with Crippen LogP contribution in [0.1, 0.15) is 117 Å². The maximum absolute atomic E-state index is 10.8. The minimum atomic E-state index is -1.52. The molecule has 0 amide bonds. The van der Waals surface area contributed by atoms with Gasteiger partial charge in [-0.3, -0.25) is 4.79 Å². The minimum absolute atomic E-state index is 0.0938. The molecule has 1 aliphatic heterocycles. The Kier molecular flexibility index (Phi) is 11.3. The molecule has 0 aromatic rings. The number of carboxylic acids is 1. The number of ether oxygens (including phenoxy) is 2. The van der Waals surface area contributed by atoms with Crippen molar-refractivity contribution in [3.63, 3.8) is 0 Å². The van der Waals surface area contributed by atoms with Gasteiger partial charge in [0.15, 0.2) is 6.29 Å². The summed E-state index contributed by atoms with van der Waals surface area (Å²) < 4.78 is 10.3. The van der Waals surface area contributed by atoms with Crippen molar-refractivity contribution in [3.05, 3.63) is 0 Å². The number of rotatable bonds is 8. The fraction of sp³-hybridized carbons (Fsp3) is 0.923. The van der Waals surface area contributed by atoms with Crippen molar-refractivity contribution in [1.82, 2.24) is 0 Å². The Morgan fingerprint density at radius 3 is 2.10 bits per heavy atom. The van der Waals surface area contributed by atoms with Gasteiger partial charge in [-0.25, -0.2) is 0 Å². The van der Waals surface area contributed by atoms with Crippen LogP contribution in [0.3, 0.4) is 0 Å². The van der Waals surface area contributed by atoms with Gasteiger partial charge in [-0.1, -0.05) is 78.1 Å². The van der Waals surface area contributed by atoms with E-state index in [1.807, 2.05) is 6.92 Å². The predicted octanol–water partition coefficient (Wildman–Crippen LogP) is 6.85. The molecule has 1 saturated heterocycles. The minimum Gasteiger partial charge on any atom is -0.480 e. The molecule has 31 heavy (non-hydrogen) atoms. The molecule has 1 heterocycles. The number of carboxylic acid groups (broad SMARTS) is 1. The number of carbonyl (C=O) groups is 1. The zero-order valence-corrected chi connectivity index (χ0v) is 20.0. The molecule has 3 aliphatic rings. The van der Waals surface area contributed by atoms with Gasteiger partial charge < -0.3 is 14.6 Å². The number of nitriles is 1. The van der Waals surface area contributed by atoms with Crippen LogP contribution >= 0.6 is 0 Å². The molecule has 0 atom stereocenters. The zero-order chi connectivity index (χ0) is 22.6. The van der Waals surface area contributed by atoms with Gasteiger partial charge in [0, 0.05) is 0 Å². The second-order valence-electron chi connectivity index (χ2n) is 10.1. The van der Waals surface area contributed by atoms with Gasteiger partial charge in [-0.05, 0) is 49.9 Å². The molecule has 0 aromatic heterocycles. The van der Waals surface area contributed by atoms with Crippen LogP contribution in [0.25, 0.3) is 0 Å². The number of aliphatic carboxylic acids is 1. The number of unbranched alkanes of at least 4 members (excludes halogenated alkanes) is 2. The standard InChI is InChI=1S/C17H32.C9H13NO4/c1-2-3-8-13-17(14-9-5-10-15-17)16-11-6-4-7-12-16;1-2-3-7-13-5-9(4-10,6-14-7)8(11)12/h16H,2-15H2,1H3;7H,2-3,5-6H2,1H3,(H,11,12). The topological polar surface area (TPSA) is 79.5 Å². The van der Waals surface area contributed by atoms with Crippen LogP contribution < -0.4 is 0 Å². The average molecular weight is 436 g/mol. The van der Waals surface area contributed by atoms with Gasteiger partial charge in [0.25, 0.3) is 0 Å². The van der Waals surface area contributed by atoms with E-state index in [9.17, 15) is 4.79 Å². The van der Waals surface area contributed by atoms with E-state index < -0.39 is 11.4 Å². The van der Waals surface area contributed by atoms with Crippen LogP contribution in [0, 0.1) is 28.1 Å². The molecule has 0 spiro atoms. The van der Waals surface area contributed by atoms with Gasteiger partial charge in [-0.15, -0.1) is 0 Å². The Balaban J connectivity index is 0.000000225. The van der Waals surface area contributed by atoms with Crippen molar-refractivity contribution < 1.29 is 19.4 Å². The predicted molar refractivity (Wildman–Crippen MR) is 123 cm³/mol. The quantitative estimate of drug-likeness (QED) is 0.422. The Bertz CT molecular complexity index is 550. The fourth-order valence-electron chi connectivity index (χ4n) is 5.76. The SMILES string of the molecule is CCCC1OCC(C#N)(C(=O)O)CO1.CCCCCC1(C2CCCCC2)CCCCC1. The molecule has 1 N–H and O–H groups in total. The largest absolute Gasteiger partial charge is 0.480 e. The molecule has 2 aliphatic carbocycles. The molecule has 0 radical (unpaired) electrons. The molecule has 178 valence electrons. The Labute approximate surface area is 189 Å². The monoisotopic (exact) mass is 435 g/mol. The van der Waals surface area contributed by atoms with Gasteiger partial charge in [0.05, 0.1) is 19.3 Å². The third kappa shape index (κ3) is 7.46. The summed E-state index contributed by atoms with van der Waals surface area (Å²) >= 11 is 0. The lowest BCUT2D eigenvalue weighted by molar-refractivity contribution is -0.223. The summed E-state index contributed by atoms with van der Waals surface area (Å²) in [6, 6.07) is 1.73. The molecule has 2 saturated carbocycles. The normalized spacial score (nSPS) is 28.7. The molecule has 0 unspecified atom stereocenters. The first-order valence-electron chi connectivity index (χ1n) is 12.9. The number of nitrogens with zero attached hydrogens (tertiary/aromatic N) is 1. The first-order valence-corrected chi connectivity index (χ1v) is 12.9. The highest BCUT2D eigenvalue weighted by molar-refractivity contribution is 5.78. The van der Waals surface area contributed by atoms with Crippen molar-refractivity contribution in [3.8, 4) is 6.07 Å². The summed E-state index contributed by atoms with van der Waals surface area (Å²) in [5.74, 6) is -0.0802. The second-order valence-corrected chi connectivity index (χ2v) is 10.1. The molecular formula is C26H45NO4. The Hall–Kier alpha value is -1.12. The summed E-state index contributed by atoms with van der Waals surface area (Å²) in [6.45, 7) is 4.14. The Morgan fingerprint density at radius 1 is 0.968 bits per heavy atom. The van der Waals surface area contributed by atoms with Crippen LogP contribution in [0.15, 0.2) is 0 Å². The molecule has 5 nitrogen and oxygen atoms in total. The van der Waals surface area contributed by atoms with E-state index in [4.69, 9.17) is 19.8 Å². The molecular weight excluding hydrogens is 390 g/mol. The smallest absolute Gasteiger partial charge is 0.328 e. The third-order valence-electron chi connectivity index (χ3n) is 7.78. The van der Waals surface area contributed by atoms with Crippen molar-refractivity contribution in [2.45, 2.75) is 123 Å². The van der Waals surface area contributed by atoms with Crippen molar-refractivity contribution in [2.24, 2.45) is 16.7 Å².